The van der Waals surface area contributed by atoms with Crippen LogP contribution in [-0.2, 0) is 21.2 Å². The summed E-state index contributed by atoms with van der Waals surface area (Å²) < 4.78 is 27.5. The van der Waals surface area contributed by atoms with Crippen molar-refractivity contribution in [2.45, 2.75) is 24.2 Å². The topological polar surface area (TPSA) is 128 Å². The molecule has 0 saturated carbocycles. The lowest BCUT2D eigenvalue weighted by molar-refractivity contribution is -0.116. The Morgan fingerprint density at radius 1 is 0.974 bits per heavy atom. The molecule has 0 aliphatic carbocycles. The molecular weight excluding hydrogens is 518 g/mol. The standard InChI is InChI=1S/C27H29N7O4S/c35-26-17-19-16-20(39(37,38)33-12-1-2-13-33)6-7-23(19)34(26)25-5-3-4-21(30-25)27(36)31-22-18-29-9-8-24(22)32-14-10-28-11-15-32/h3-9,16,18,28H,1-2,10-15,17H2,(H,31,36). The van der Waals surface area contributed by atoms with Crippen LogP contribution in [-0.4, -0.2) is 73.8 Å². The van der Waals surface area contributed by atoms with E-state index in [0.29, 0.717) is 35.8 Å². The van der Waals surface area contributed by atoms with Gasteiger partial charge in [0.15, 0.2) is 0 Å². The molecule has 3 aromatic rings. The van der Waals surface area contributed by atoms with Crippen LogP contribution in [0.15, 0.2) is 59.8 Å². The fourth-order valence-electron chi connectivity index (χ4n) is 5.31. The Bertz CT molecular complexity index is 1530. The van der Waals surface area contributed by atoms with Crippen LogP contribution in [0.1, 0.15) is 28.9 Å². The van der Waals surface area contributed by atoms with Crippen LogP contribution < -0.4 is 20.4 Å². The molecule has 3 aliphatic heterocycles. The number of amides is 2. The summed E-state index contributed by atoms with van der Waals surface area (Å²) in [5, 5.41) is 6.24. The molecule has 0 radical (unpaired) electrons. The molecule has 12 heteroatoms. The molecule has 6 rings (SSSR count). The van der Waals surface area contributed by atoms with E-state index >= 15 is 0 Å². The van der Waals surface area contributed by atoms with Gasteiger partial charge in [-0.25, -0.2) is 13.4 Å². The van der Waals surface area contributed by atoms with Crippen molar-refractivity contribution < 1.29 is 18.0 Å². The molecule has 39 heavy (non-hydrogen) atoms. The van der Waals surface area contributed by atoms with E-state index in [1.807, 2.05) is 6.07 Å². The first kappa shape index (κ1) is 25.4. The molecule has 0 atom stereocenters. The van der Waals surface area contributed by atoms with Crippen molar-refractivity contribution in [2.24, 2.45) is 0 Å². The van der Waals surface area contributed by atoms with Crippen molar-refractivity contribution in [3.8, 4) is 0 Å². The number of hydrogen-bond donors (Lipinski definition) is 2. The van der Waals surface area contributed by atoms with E-state index in [1.165, 1.54) is 15.3 Å². The van der Waals surface area contributed by atoms with Crippen molar-refractivity contribution in [1.82, 2.24) is 19.6 Å². The first-order valence-electron chi connectivity index (χ1n) is 13.1. The minimum atomic E-state index is -3.60. The molecule has 3 aliphatic rings. The highest BCUT2D eigenvalue weighted by atomic mass is 32.2. The van der Waals surface area contributed by atoms with E-state index < -0.39 is 15.9 Å². The van der Waals surface area contributed by atoms with Gasteiger partial charge in [0.25, 0.3) is 5.91 Å². The number of nitrogens with zero attached hydrogens (tertiary/aromatic N) is 5. The highest BCUT2D eigenvalue weighted by Gasteiger charge is 2.33. The molecule has 2 aromatic heterocycles. The summed E-state index contributed by atoms with van der Waals surface area (Å²) in [7, 11) is -3.60. The van der Waals surface area contributed by atoms with Gasteiger partial charge in [0.05, 0.1) is 34.6 Å². The van der Waals surface area contributed by atoms with E-state index in [9.17, 15) is 18.0 Å². The maximum Gasteiger partial charge on any atom is 0.274 e. The maximum atomic E-state index is 13.2. The summed E-state index contributed by atoms with van der Waals surface area (Å²) in [6.07, 6.45) is 5.07. The molecule has 0 spiro atoms. The number of sulfonamides is 1. The Morgan fingerprint density at radius 2 is 1.77 bits per heavy atom. The second kappa shape index (κ2) is 10.4. The number of anilines is 4. The monoisotopic (exact) mass is 547 g/mol. The predicted molar refractivity (Wildman–Crippen MR) is 147 cm³/mol. The van der Waals surface area contributed by atoms with E-state index in [2.05, 4.69) is 25.5 Å². The average molecular weight is 548 g/mol. The van der Waals surface area contributed by atoms with Crippen molar-refractivity contribution in [2.75, 3.05) is 54.4 Å². The van der Waals surface area contributed by atoms with Gasteiger partial charge in [0.2, 0.25) is 15.9 Å². The number of carbonyl (C=O) groups is 2. The fourth-order valence-corrected chi connectivity index (χ4v) is 6.88. The number of aromatic nitrogens is 2. The molecule has 2 saturated heterocycles. The molecule has 2 fully saturated rings. The maximum absolute atomic E-state index is 13.2. The van der Waals surface area contributed by atoms with E-state index in [0.717, 1.165) is 44.7 Å². The van der Waals surface area contributed by atoms with Crippen LogP contribution in [0.2, 0.25) is 0 Å². The molecule has 202 valence electrons. The number of nitrogens with one attached hydrogen (secondary N) is 2. The number of carbonyl (C=O) groups excluding carboxylic acids is 2. The summed E-state index contributed by atoms with van der Waals surface area (Å²) >= 11 is 0. The minimum absolute atomic E-state index is 0.0561. The Hall–Kier alpha value is -3.87. The van der Waals surface area contributed by atoms with Crippen molar-refractivity contribution >= 4 is 44.7 Å². The number of piperazine rings is 1. The normalized spacial score (nSPS) is 17.9. The Morgan fingerprint density at radius 3 is 2.56 bits per heavy atom. The third-order valence-corrected chi connectivity index (χ3v) is 9.18. The zero-order valence-electron chi connectivity index (χ0n) is 21.3. The third-order valence-electron chi connectivity index (χ3n) is 7.29. The highest BCUT2D eigenvalue weighted by Crippen LogP contribution is 2.37. The van der Waals surface area contributed by atoms with Gasteiger partial charge in [-0.05, 0) is 54.8 Å². The molecule has 1 aromatic carbocycles. The number of hydrogen-bond acceptors (Lipinski definition) is 8. The first-order chi connectivity index (χ1) is 18.9. The lowest BCUT2D eigenvalue weighted by atomic mass is 10.2. The van der Waals surface area contributed by atoms with Crippen LogP contribution in [0.4, 0.5) is 22.9 Å². The summed E-state index contributed by atoms with van der Waals surface area (Å²) in [5.41, 5.74) is 2.81. The van der Waals surface area contributed by atoms with Crippen molar-refractivity contribution in [3.05, 3.63) is 66.1 Å². The summed E-state index contributed by atoms with van der Waals surface area (Å²) in [4.78, 5) is 38.8. The zero-order valence-corrected chi connectivity index (χ0v) is 22.2. The molecule has 5 heterocycles. The van der Waals surface area contributed by atoms with Gasteiger partial charge in [-0.3, -0.25) is 19.5 Å². The summed E-state index contributed by atoms with van der Waals surface area (Å²) in [6.45, 7) is 4.38. The number of pyridine rings is 2. The highest BCUT2D eigenvalue weighted by molar-refractivity contribution is 7.89. The van der Waals surface area contributed by atoms with E-state index in [4.69, 9.17) is 0 Å². The van der Waals surface area contributed by atoms with Gasteiger partial charge in [0, 0.05) is 45.5 Å². The summed E-state index contributed by atoms with van der Waals surface area (Å²) in [6, 6.07) is 11.6. The van der Waals surface area contributed by atoms with Crippen LogP contribution >= 0.6 is 0 Å². The predicted octanol–water partition coefficient (Wildman–Crippen LogP) is 2.14. The number of rotatable bonds is 6. The molecule has 0 unspecified atom stereocenters. The van der Waals surface area contributed by atoms with Gasteiger partial charge >= 0.3 is 0 Å². The molecule has 0 bridgehead atoms. The zero-order chi connectivity index (χ0) is 27.0. The van der Waals surface area contributed by atoms with Gasteiger partial charge < -0.3 is 15.5 Å². The van der Waals surface area contributed by atoms with Gasteiger partial charge in [-0.15, -0.1) is 0 Å². The average Bonchev–Trinajstić information content (AvgIpc) is 3.62. The van der Waals surface area contributed by atoms with Crippen LogP contribution in [0, 0.1) is 0 Å². The number of benzene rings is 1. The summed E-state index contributed by atoms with van der Waals surface area (Å²) in [5.74, 6) is -0.353. The lowest BCUT2D eigenvalue weighted by Gasteiger charge is -2.30. The lowest BCUT2D eigenvalue weighted by Crippen LogP contribution is -2.43. The van der Waals surface area contributed by atoms with Gasteiger partial charge in [-0.1, -0.05) is 6.07 Å². The first-order valence-corrected chi connectivity index (χ1v) is 14.5. The molecular formula is C27H29N7O4S. The third kappa shape index (κ3) is 4.86. The minimum Gasteiger partial charge on any atom is -0.367 e. The molecule has 2 N–H and O–H groups in total. The van der Waals surface area contributed by atoms with Crippen molar-refractivity contribution in [1.29, 1.82) is 0 Å². The van der Waals surface area contributed by atoms with Crippen LogP contribution in [0.25, 0.3) is 0 Å². The Kier molecular flexibility index (Phi) is 6.75. The Labute approximate surface area is 226 Å². The second-order valence-electron chi connectivity index (χ2n) is 9.77. The van der Waals surface area contributed by atoms with Crippen LogP contribution in [0.5, 0.6) is 0 Å². The second-order valence-corrected chi connectivity index (χ2v) is 11.7. The van der Waals surface area contributed by atoms with Crippen molar-refractivity contribution in [3.63, 3.8) is 0 Å². The quantitative estimate of drug-likeness (QED) is 0.481. The van der Waals surface area contributed by atoms with Gasteiger partial charge in [0.1, 0.15) is 11.5 Å². The molecule has 2 amide bonds. The number of fused-ring (bicyclic) bond motifs is 1. The molecule has 11 nitrogen and oxygen atoms in total. The fraction of sp³-hybridized carbons (Fsp3) is 0.333. The van der Waals surface area contributed by atoms with Gasteiger partial charge in [-0.2, -0.15) is 4.31 Å². The largest absolute Gasteiger partial charge is 0.367 e. The smallest absolute Gasteiger partial charge is 0.274 e. The Balaban J connectivity index is 1.25. The van der Waals surface area contributed by atoms with E-state index in [1.54, 1.807) is 42.7 Å². The van der Waals surface area contributed by atoms with E-state index in [-0.39, 0.29) is 22.9 Å². The van der Waals surface area contributed by atoms with Crippen LogP contribution in [0.3, 0.4) is 0 Å². The SMILES string of the molecule is O=C(Nc1cnccc1N1CCNCC1)c1cccc(N2C(=O)Cc3cc(S(=O)(=O)N4CCCC4)ccc32)n1.